The normalized spacial score (nSPS) is 10.2. The lowest BCUT2D eigenvalue weighted by Crippen LogP contribution is -2.02. The molecule has 72 valence electrons. The minimum Gasteiger partial charge on any atom is -0.481 e. The lowest BCUT2D eigenvalue weighted by atomic mass is 10.3. The van der Waals surface area contributed by atoms with Crippen LogP contribution in [-0.4, -0.2) is 20.2 Å². The molecule has 0 saturated carbocycles. The van der Waals surface area contributed by atoms with Crippen LogP contribution in [0.2, 0.25) is 0 Å². The molecule has 5 heteroatoms. The largest absolute Gasteiger partial charge is 0.481 e. The average molecular weight is 200 g/mol. The van der Waals surface area contributed by atoms with Gasteiger partial charge < -0.3 is 14.2 Å². The molecule has 1 heterocycles. The lowest BCUT2D eigenvalue weighted by molar-refractivity contribution is -0.137. The Morgan fingerprint density at radius 3 is 2.77 bits per heavy atom. The molecule has 0 saturated heterocycles. The van der Waals surface area contributed by atoms with Gasteiger partial charge in [-0.2, -0.15) is 0 Å². The van der Waals surface area contributed by atoms with Gasteiger partial charge in [0.05, 0.1) is 0 Å². The Kier molecular flexibility index (Phi) is 3.25. The molecule has 13 heavy (non-hydrogen) atoms. The second kappa shape index (κ2) is 4.23. The average Bonchev–Trinajstić information content (AvgIpc) is 2.35. The van der Waals surface area contributed by atoms with Crippen LogP contribution in [0.3, 0.4) is 0 Å². The predicted octanol–water partition coefficient (Wildman–Crippen LogP) is 1.42. The Balaban J connectivity index is 2.51. The topological polar surface area (TPSA) is 47.2 Å². The lowest BCUT2D eigenvalue weighted by Gasteiger charge is -1.99. The molecule has 0 radical (unpaired) electrons. The van der Waals surface area contributed by atoms with Crippen molar-refractivity contribution in [3.63, 3.8) is 0 Å². The van der Waals surface area contributed by atoms with Crippen molar-refractivity contribution in [3.8, 4) is 0 Å². The third-order valence-corrected chi connectivity index (χ3v) is 2.33. The van der Waals surface area contributed by atoms with Crippen LogP contribution < -0.4 is 0 Å². The van der Waals surface area contributed by atoms with Gasteiger partial charge in [-0.05, 0) is 18.6 Å². The van der Waals surface area contributed by atoms with Crippen LogP contribution >= 0.6 is 12.2 Å². The van der Waals surface area contributed by atoms with Gasteiger partial charge in [0.2, 0.25) is 0 Å². The summed E-state index contributed by atoms with van der Waals surface area (Å²) in [5.41, 5.74) is 0. The van der Waals surface area contributed by atoms with Crippen LogP contribution in [0.5, 0.6) is 0 Å². The maximum absolute atomic E-state index is 10.2. The summed E-state index contributed by atoms with van der Waals surface area (Å²) in [5, 5.41) is 8.43. The molecular formula is C8H12N2O2S. The molecule has 0 spiro atoms. The van der Waals surface area contributed by atoms with Crippen LogP contribution in [0.25, 0.3) is 0 Å². The summed E-state index contributed by atoms with van der Waals surface area (Å²) >= 11 is 5.08. The van der Waals surface area contributed by atoms with Crippen molar-refractivity contribution in [2.45, 2.75) is 19.4 Å². The number of aromatic nitrogens is 2. The zero-order valence-electron chi connectivity index (χ0n) is 7.43. The summed E-state index contributed by atoms with van der Waals surface area (Å²) < 4.78 is 4.43. The first kappa shape index (κ1) is 9.98. The second-order valence-corrected chi connectivity index (χ2v) is 3.25. The number of carboxylic acid groups (broad SMARTS) is 1. The van der Waals surface area contributed by atoms with Gasteiger partial charge in [-0.3, -0.25) is 4.79 Å². The molecule has 1 N–H and O–H groups in total. The maximum Gasteiger partial charge on any atom is 0.303 e. The Hall–Kier alpha value is -1.10. The number of nitrogens with zero attached hydrogens (tertiary/aromatic N) is 2. The molecule has 0 bridgehead atoms. The van der Waals surface area contributed by atoms with Crippen LogP contribution in [-0.2, 0) is 18.4 Å². The van der Waals surface area contributed by atoms with E-state index < -0.39 is 5.97 Å². The zero-order chi connectivity index (χ0) is 9.84. The highest BCUT2D eigenvalue weighted by molar-refractivity contribution is 7.71. The van der Waals surface area contributed by atoms with Crippen molar-refractivity contribution >= 4 is 18.2 Å². The summed E-state index contributed by atoms with van der Waals surface area (Å²) in [4.78, 5) is 10.2. The van der Waals surface area contributed by atoms with Gasteiger partial charge in [-0.1, -0.05) is 0 Å². The second-order valence-electron chi connectivity index (χ2n) is 2.88. The molecule has 0 unspecified atom stereocenters. The van der Waals surface area contributed by atoms with Crippen molar-refractivity contribution < 1.29 is 9.90 Å². The molecule has 0 aliphatic rings. The van der Waals surface area contributed by atoms with Crippen LogP contribution in [0.4, 0.5) is 0 Å². The first-order chi connectivity index (χ1) is 6.11. The van der Waals surface area contributed by atoms with Gasteiger partial charge in [0, 0.05) is 32.4 Å². The van der Waals surface area contributed by atoms with Gasteiger partial charge in [0.25, 0.3) is 0 Å². The number of carbonyl (C=O) groups is 1. The first-order valence-corrected chi connectivity index (χ1v) is 4.45. The highest BCUT2D eigenvalue weighted by atomic mass is 32.1. The van der Waals surface area contributed by atoms with Crippen molar-refractivity contribution in [2.75, 3.05) is 0 Å². The van der Waals surface area contributed by atoms with E-state index in [0.717, 1.165) is 4.77 Å². The van der Waals surface area contributed by atoms with Crippen molar-refractivity contribution in [1.29, 1.82) is 0 Å². The van der Waals surface area contributed by atoms with Crippen LogP contribution in [0, 0.1) is 4.77 Å². The van der Waals surface area contributed by atoms with E-state index in [1.807, 2.05) is 28.6 Å². The number of aliphatic carboxylic acids is 1. The van der Waals surface area contributed by atoms with Gasteiger partial charge in [0.1, 0.15) is 0 Å². The highest BCUT2D eigenvalue weighted by Gasteiger charge is 1.99. The Bertz CT molecular complexity index is 353. The fraction of sp³-hybridized carbons (Fsp3) is 0.500. The monoisotopic (exact) mass is 200 g/mol. The molecule has 0 atom stereocenters. The Morgan fingerprint density at radius 2 is 2.31 bits per heavy atom. The molecule has 0 fully saturated rings. The number of hydrogen-bond donors (Lipinski definition) is 1. The molecule has 4 nitrogen and oxygen atoms in total. The van der Waals surface area contributed by atoms with E-state index in [-0.39, 0.29) is 6.42 Å². The Morgan fingerprint density at radius 1 is 1.62 bits per heavy atom. The van der Waals surface area contributed by atoms with E-state index in [1.54, 1.807) is 0 Å². The molecule has 0 aliphatic carbocycles. The SMILES string of the molecule is Cn1ccn(CCCC(=O)O)c1=S. The highest BCUT2D eigenvalue weighted by Crippen LogP contribution is 1.99. The number of carboxylic acids is 1. The smallest absolute Gasteiger partial charge is 0.303 e. The summed E-state index contributed by atoms with van der Waals surface area (Å²) in [5.74, 6) is -0.762. The molecule has 1 rings (SSSR count). The Labute approximate surface area is 81.4 Å². The first-order valence-electron chi connectivity index (χ1n) is 4.05. The van der Waals surface area contributed by atoms with Crippen molar-refractivity contribution in [2.24, 2.45) is 7.05 Å². The molecule has 0 aromatic carbocycles. The van der Waals surface area contributed by atoms with Crippen molar-refractivity contribution in [1.82, 2.24) is 9.13 Å². The third kappa shape index (κ3) is 2.69. The van der Waals surface area contributed by atoms with Gasteiger partial charge in [-0.15, -0.1) is 0 Å². The maximum atomic E-state index is 10.2. The van der Waals surface area contributed by atoms with E-state index in [4.69, 9.17) is 17.3 Å². The van der Waals surface area contributed by atoms with Crippen LogP contribution in [0.15, 0.2) is 12.4 Å². The molecule has 1 aromatic heterocycles. The molecule has 1 aromatic rings. The van der Waals surface area contributed by atoms with Gasteiger partial charge >= 0.3 is 5.97 Å². The summed E-state index contributed by atoms with van der Waals surface area (Å²) in [7, 11) is 1.87. The fourth-order valence-electron chi connectivity index (χ4n) is 1.08. The van der Waals surface area contributed by atoms with E-state index in [0.29, 0.717) is 13.0 Å². The van der Waals surface area contributed by atoms with E-state index >= 15 is 0 Å². The number of hydrogen-bond acceptors (Lipinski definition) is 2. The van der Waals surface area contributed by atoms with E-state index in [2.05, 4.69) is 0 Å². The van der Waals surface area contributed by atoms with E-state index in [9.17, 15) is 4.79 Å². The zero-order valence-corrected chi connectivity index (χ0v) is 8.25. The van der Waals surface area contributed by atoms with Gasteiger partial charge in [0.15, 0.2) is 4.77 Å². The third-order valence-electron chi connectivity index (χ3n) is 1.81. The van der Waals surface area contributed by atoms with E-state index in [1.165, 1.54) is 0 Å². The molecular weight excluding hydrogens is 188 g/mol. The minimum atomic E-state index is -0.762. The number of aryl methyl sites for hydroxylation is 2. The number of imidazole rings is 1. The summed E-state index contributed by atoms with van der Waals surface area (Å²) in [6.45, 7) is 0.673. The van der Waals surface area contributed by atoms with Crippen LogP contribution in [0.1, 0.15) is 12.8 Å². The number of rotatable bonds is 4. The molecule has 0 aliphatic heterocycles. The molecule has 0 amide bonds. The fourth-order valence-corrected chi connectivity index (χ4v) is 1.29. The van der Waals surface area contributed by atoms with Gasteiger partial charge in [-0.25, -0.2) is 0 Å². The van der Waals surface area contributed by atoms with Crippen molar-refractivity contribution in [3.05, 3.63) is 17.2 Å². The predicted molar refractivity (Wildman–Crippen MR) is 51.1 cm³/mol. The minimum absolute atomic E-state index is 0.191. The standard InChI is InChI=1S/C8H12N2O2S/c1-9-5-6-10(8(9)13)4-2-3-7(11)12/h5-6H,2-4H2,1H3,(H,11,12). The summed E-state index contributed by atoms with van der Waals surface area (Å²) in [6.07, 6.45) is 4.54. The summed E-state index contributed by atoms with van der Waals surface area (Å²) in [6, 6.07) is 0. The quantitative estimate of drug-likeness (QED) is 0.748.